The van der Waals surface area contributed by atoms with Crippen molar-refractivity contribution in [3.05, 3.63) is 58.6 Å². The summed E-state index contributed by atoms with van der Waals surface area (Å²) in [5.41, 5.74) is -0.127. The average Bonchev–Trinajstić information content (AvgIpc) is 2.73. The van der Waals surface area contributed by atoms with Crippen molar-refractivity contribution in [1.29, 1.82) is 0 Å². The zero-order valence-electron chi connectivity index (χ0n) is 17.3. The van der Waals surface area contributed by atoms with Crippen LogP contribution in [0.25, 0.3) is 0 Å². The topological polar surface area (TPSA) is 72.9 Å². The second kappa shape index (κ2) is 9.08. The van der Waals surface area contributed by atoms with E-state index in [0.717, 1.165) is 22.9 Å². The van der Waals surface area contributed by atoms with Crippen LogP contribution in [0.3, 0.4) is 0 Å². The number of nitrogens with zero attached hydrogens (tertiary/aromatic N) is 1. The second-order valence-electron chi connectivity index (χ2n) is 7.84. The minimum absolute atomic E-state index is 0.0467. The molecule has 0 amide bonds. The van der Waals surface area contributed by atoms with Gasteiger partial charge in [-0.25, -0.2) is 13.2 Å². The number of hydrogen-bond donors (Lipinski definition) is 0. The molecule has 1 aliphatic heterocycles. The standard InChI is InChI=1S/C22H26BrNO5S/c1-22(2,21(25)28-3)29-19-10-4-7-16(13-19)17-8-6-12-24(15-17)30(26,27)20-11-5-9-18(23)14-20/h4-5,7,9-11,13-14,17H,6,8,12,15H2,1-3H3. The van der Waals surface area contributed by atoms with E-state index in [-0.39, 0.29) is 10.8 Å². The second-order valence-corrected chi connectivity index (χ2v) is 10.7. The van der Waals surface area contributed by atoms with Gasteiger partial charge in [-0.05, 0) is 68.5 Å². The fourth-order valence-corrected chi connectivity index (χ4v) is 5.74. The van der Waals surface area contributed by atoms with Gasteiger partial charge in [0.15, 0.2) is 5.60 Å². The molecule has 2 aromatic rings. The van der Waals surface area contributed by atoms with E-state index in [1.54, 1.807) is 48.5 Å². The van der Waals surface area contributed by atoms with Gasteiger partial charge in [0.25, 0.3) is 0 Å². The van der Waals surface area contributed by atoms with Gasteiger partial charge in [0, 0.05) is 17.6 Å². The number of piperidine rings is 1. The summed E-state index contributed by atoms with van der Waals surface area (Å²) in [6.45, 7) is 4.20. The molecule has 0 aliphatic carbocycles. The molecule has 162 valence electrons. The zero-order valence-corrected chi connectivity index (χ0v) is 19.7. The van der Waals surface area contributed by atoms with E-state index in [9.17, 15) is 13.2 Å². The Balaban J connectivity index is 1.80. The molecular formula is C22H26BrNO5S. The van der Waals surface area contributed by atoms with Gasteiger partial charge in [0.2, 0.25) is 10.0 Å². The van der Waals surface area contributed by atoms with Gasteiger partial charge >= 0.3 is 5.97 Å². The number of rotatable bonds is 6. The molecule has 0 spiro atoms. The lowest BCUT2D eigenvalue weighted by Gasteiger charge is -2.32. The van der Waals surface area contributed by atoms with Crippen LogP contribution >= 0.6 is 15.9 Å². The van der Waals surface area contributed by atoms with Crippen molar-refractivity contribution in [2.24, 2.45) is 0 Å². The van der Waals surface area contributed by atoms with Gasteiger partial charge in [-0.15, -0.1) is 0 Å². The lowest BCUT2D eigenvalue weighted by atomic mass is 9.91. The third kappa shape index (κ3) is 5.04. The number of ether oxygens (including phenoxy) is 2. The van der Waals surface area contributed by atoms with Crippen molar-refractivity contribution in [2.75, 3.05) is 20.2 Å². The van der Waals surface area contributed by atoms with E-state index in [2.05, 4.69) is 15.9 Å². The molecule has 2 aromatic carbocycles. The summed E-state index contributed by atoms with van der Waals surface area (Å²) < 4.78 is 39.1. The Bertz CT molecular complexity index is 1020. The number of sulfonamides is 1. The lowest BCUT2D eigenvalue weighted by Crippen LogP contribution is -2.39. The molecule has 0 aromatic heterocycles. The van der Waals surface area contributed by atoms with Gasteiger partial charge in [0.1, 0.15) is 5.75 Å². The minimum atomic E-state index is -3.57. The van der Waals surface area contributed by atoms with Crippen LogP contribution in [-0.2, 0) is 19.6 Å². The Hall–Kier alpha value is -1.90. The minimum Gasteiger partial charge on any atom is -0.476 e. The monoisotopic (exact) mass is 495 g/mol. The van der Waals surface area contributed by atoms with Crippen LogP contribution in [0.1, 0.15) is 38.2 Å². The predicted molar refractivity (Wildman–Crippen MR) is 118 cm³/mol. The first-order chi connectivity index (χ1) is 14.1. The van der Waals surface area contributed by atoms with Crippen LogP contribution in [0.2, 0.25) is 0 Å². The number of carbonyl (C=O) groups is 1. The third-order valence-electron chi connectivity index (χ3n) is 5.20. The zero-order chi connectivity index (χ0) is 21.9. The number of carbonyl (C=O) groups excluding carboxylic acids is 1. The molecule has 1 saturated heterocycles. The van der Waals surface area contributed by atoms with E-state index in [0.29, 0.717) is 18.8 Å². The van der Waals surface area contributed by atoms with Gasteiger partial charge in [-0.1, -0.05) is 34.1 Å². The van der Waals surface area contributed by atoms with Gasteiger partial charge in [-0.3, -0.25) is 0 Å². The molecule has 3 rings (SSSR count). The van der Waals surface area contributed by atoms with Gasteiger partial charge < -0.3 is 9.47 Å². The highest BCUT2D eigenvalue weighted by atomic mass is 79.9. The molecule has 6 nitrogen and oxygen atoms in total. The first-order valence-corrected chi connectivity index (χ1v) is 12.0. The van der Waals surface area contributed by atoms with Crippen molar-refractivity contribution in [3.8, 4) is 5.75 Å². The molecule has 1 fully saturated rings. The van der Waals surface area contributed by atoms with Crippen LogP contribution in [0.15, 0.2) is 57.9 Å². The van der Waals surface area contributed by atoms with Gasteiger partial charge in [-0.2, -0.15) is 4.31 Å². The summed E-state index contributed by atoms with van der Waals surface area (Å²) in [6.07, 6.45) is 1.66. The Morgan fingerprint density at radius 1 is 1.17 bits per heavy atom. The Labute approximate surface area is 186 Å². The molecule has 1 aliphatic rings. The van der Waals surface area contributed by atoms with E-state index < -0.39 is 21.6 Å². The van der Waals surface area contributed by atoms with Gasteiger partial charge in [0.05, 0.1) is 12.0 Å². The largest absolute Gasteiger partial charge is 0.476 e. The van der Waals surface area contributed by atoms with E-state index in [4.69, 9.17) is 9.47 Å². The maximum atomic E-state index is 13.1. The average molecular weight is 496 g/mol. The molecule has 0 N–H and O–H groups in total. The van der Waals surface area contributed by atoms with Crippen LogP contribution in [0.4, 0.5) is 0 Å². The maximum absolute atomic E-state index is 13.1. The molecule has 0 bridgehead atoms. The van der Waals surface area contributed by atoms with Crippen LogP contribution in [0, 0.1) is 0 Å². The van der Waals surface area contributed by atoms with Crippen molar-refractivity contribution in [1.82, 2.24) is 4.31 Å². The van der Waals surface area contributed by atoms with Crippen LogP contribution in [0.5, 0.6) is 5.75 Å². The smallest absolute Gasteiger partial charge is 0.349 e. The molecule has 30 heavy (non-hydrogen) atoms. The van der Waals surface area contributed by atoms with Crippen molar-refractivity contribution in [3.63, 3.8) is 0 Å². The van der Waals surface area contributed by atoms with E-state index in [1.165, 1.54) is 7.11 Å². The molecule has 1 heterocycles. The summed E-state index contributed by atoms with van der Waals surface area (Å²) in [5.74, 6) is 0.136. The molecule has 1 unspecified atom stereocenters. The Kier molecular flexibility index (Phi) is 6.89. The number of benzene rings is 2. The van der Waals surface area contributed by atoms with Crippen molar-refractivity contribution in [2.45, 2.75) is 43.1 Å². The van der Waals surface area contributed by atoms with Crippen LogP contribution in [-0.4, -0.2) is 44.5 Å². The number of hydrogen-bond acceptors (Lipinski definition) is 5. The highest BCUT2D eigenvalue weighted by Gasteiger charge is 2.33. The molecular weight excluding hydrogens is 470 g/mol. The van der Waals surface area contributed by atoms with Crippen molar-refractivity contribution >= 4 is 31.9 Å². The molecule has 0 saturated carbocycles. The number of halogens is 1. The molecule has 8 heteroatoms. The quantitative estimate of drug-likeness (QED) is 0.557. The SMILES string of the molecule is COC(=O)C(C)(C)Oc1cccc(C2CCCN(S(=O)(=O)c3cccc(Br)c3)C2)c1. The summed E-state index contributed by atoms with van der Waals surface area (Å²) in [4.78, 5) is 12.2. The Morgan fingerprint density at radius 2 is 1.90 bits per heavy atom. The molecule has 0 radical (unpaired) electrons. The normalized spacial score (nSPS) is 18.1. The fraction of sp³-hybridized carbons (Fsp3) is 0.409. The van der Waals surface area contributed by atoms with E-state index in [1.807, 2.05) is 18.2 Å². The molecule has 1 atom stereocenters. The van der Waals surface area contributed by atoms with Crippen LogP contribution < -0.4 is 4.74 Å². The lowest BCUT2D eigenvalue weighted by molar-refractivity contribution is -0.156. The fourth-order valence-electron chi connectivity index (χ4n) is 3.62. The van der Waals surface area contributed by atoms with Crippen molar-refractivity contribution < 1.29 is 22.7 Å². The highest BCUT2D eigenvalue weighted by molar-refractivity contribution is 9.10. The first-order valence-electron chi connectivity index (χ1n) is 9.76. The number of methoxy groups -OCH3 is 1. The predicted octanol–water partition coefficient (Wildman–Crippen LogP) is 4.35. The number of esters is 1. The Morgan fingerprint density at radius 3 is 2.60 bits per heavy atom. The third-order valence-corrected chi connectivity index (χ3v) is 7.55. The summed E-state index contributed by atoms with van der Waals surface area (Å²) in [7, 11) is -2.24. The first kappa shape index (κ1) is 22.8. The summed E-state index contributed by atoms with van der Waals surface area (Å²) in [6, 6.07) is 14.3. The maximum Gasteiger partial charge on any atom is 0.349 e. The highest BCUT2D eigenvalue weighted by Crippen LogP contribution is 2.33. The summed E-state index contributed by atoms with van der Waals surface area (Å²) >= 11 is 3.34. The summed E-state index contributed by atoms with van der Waals surface area (Å²) in [5, 5.41) is 0. The van der Waals surface area contributed by atoms with E-state index >= 15 is 0 Å².